The average Bonchev–Trinajstić information content (AvgIpc) is 2.70. The van der Waals surface area contributed by atoms with Crippen LogP contribution in [0.3, 0.4) is 0 Å². The molecule has 1 aliphatic heterocycles. The molecule has 2 aromatic rings. The molecular weight excluding hydrogens is 353 g/mol. The number of hydrogen-bond acceptors (Lipinski definition) is 3. The van der Waals surface area contributed by atoms with Gasteiger partial charge in [0.1, 0.15) is 5.82 Å². The first kappa shape index (κ1) is 20.3. The average molecular weight is 384 g/mol. The van der Waals surface area contributed by atoms with Crippen molar-refractivity contribution in [1.82, 2.24) is 10.2 Å². The number of nitrogens with zero attached hydrogens (tertiary/aromatic N) is 2. The molecule has 0 spiro atoms. The van der Waals surface area contributed by atoms with E-state index in [1.54, 1.807) is 6.07 Å². The summed E-state index contributed by atoms with van der Waals surface area (Å²) < 4.78 is 13.9. The molecule has 2 aromatic carbocycles. The number of carbonyl (C=O) groups excluding carboxylic acids is 1. The van der Waals surface area contributed by atoms with Crippen LogP contribution in [-0.2, 0) is 11.2 Å². The van der Waals surface area contributed by atoms with E-state index < -0.39 is 0 Å². The van der Waals surface area contributed by atoms with E-state index in [4.69, 9.17) is 0 Å². The van der Waals surface area contributed by atoms with E-state index in [0.29, 0.717) is 12.2 Å². The minimum Gasteiger partial charge on any atom is -0.367 e. The number of halogens is 1. The molecule has 0 radical (unpaired) electrons. The highest BCUT2D eigenvalue weighted by Gasteiger charge is 2.21. The normalized spacial score (nSPS) is 16.0. The summed E-state index contributed by atoms with van der Waals surface area (Å²) >= 11 is 0. The summed E-state index contributed by atoms with van der Waals surface area (Å²) in [5.41, 5.74) is 3.10. The van der Waals surface area contributed by atoms with Crippen molar-refractivity contribution < 1.29 is 9.18 Å². The number of amides is 1. The van der Waals surface area contributed by atoms with E-state index in [-0.39, 0.29) is 17.8 Å². The van der Waals surface area contributed by atoms with Crippen molar-refractivity contribution in [1.29, 1.82) is 0 Å². The topological polar surface area (TPSA) is 35.6 Å². The van der Waals surface area contributed by atoms with Gasteiger partial charge in [-0.05, 0) is 36.6 Å². The smallest absolute Gasteiger partial charge is 0.234 e. The highest BCUT2D eigenvalue weighted by molar-refractivity contribution is 5.78. The highest BCUT2D eigenvalue weighted by atomic mass is 19.1. The maximum absolute atomic E-state index is 13.9. The minimum atomic E-state index is -0.188. The molecule has 1 fully saturated rings. The first-order chi connectivity index (χ1) is 13.6. The minimum absolute atomic E-state index is 0.0112. The molecule has 1 aliphatic rings. The van der Waals surface area contributed by atoms with E-state index >= 15 is 0 Å². The summed E-state index contributed by atoms with van der Waals surface area (Å²) in [4.78, 5) is 16.6. The van der Waals surface area contributed by atoms with E-state index in [1.165, 1.54) is 11.6 Å². The summed E-state index contributed by atoms with van der Waals surface area (Å²) in [5.74, 6) is -0.156. The molecule has 1 saturated heterocycles. The molecule has 1 heterocycles. The SMILES string of the molecule is CCCc1ccc([C@@H](C)NC(=O)CN2CCN(c3ccccc3F)CC2)cc1. The molecule has 28 heavy (non-hydrogen) atoms. The van der Waals surface area contributed by atoms with Gasteiger partial charge in [0.05, 0.1) is 18.3 Å². The lowest BCUT2D eigenvalue weighted by molar-refractivity contribution is -0.123. The quantitative estimate of drug-likeness (QED) is 0.790. The van der Waals surface area contributed by atoms with Gasteiger partial charge in [-0.25, -0.2) is 4.39 Å². The molecule has 5 heteroatoms. The number of hydrogen-bond donors (Lipinski definition) is 1. The van der Waals surface area contributed by atoms with Gasteiger partial charge in [0.2, 0.25) is 5.91 Å². The number of carbonyl (C=O) groups is 1. The third-order valence-corrected chi connectivity index (χ3v) is 5.33. The summed E-state index contributed by atoms with van der Waals surface area (Å²) in [5, 5.41) is 3.09. The van der Waals surface area contributed by atoms with E-state index in [0.717, 1.165) is 44.6 Å². The summed E-state index contributed by atoms with van der Waals surface area (Å²) in [7, 11) is 0. The number of aryl methyl sites for hydroxylation is 1. The molecule has 0 bridgehead atoms. The van der Waals surface area contributed by atoms with Gasteiger partial charge in [0.25, 0.3) is 0 Å². The van der Waals surface area contributed by atoms with Crippen molar-refractivity contribution >= 4 is 11.6 Å². The Morgan fingerprint density at radius 2 is 1.75 bits per heavy atom. The molecule has 0 aliphatic carbocycles. The fourth-order valence-corrected chi connectivity index (χ4v) is 3.69. The molecule has 4 nitrogen and oxygen atoms in total. The Hall–Kier alpha value is -2.40. The summed E-state index contributed by atoms with van der Waals surface area (Å²) in [6.07, 6.45) is 2.22. The number of nitrogens with one attached hydrogen (secondary N) is 1. The molecule has 1 N–H and O–H groups in total. The van der Waals surface area contributed by atoms with E-state index in [1.807, 2.05) is 24.0 Å². The zero-order valence-electron chi connectivity index (χ0n) is 16.8. The Kier molecular flexibility index (Phi) is 7.04. The Bertz CT molecular complexity index is 770. The van der Waals surface area contributed by atoms with Crippen molar-refractivity contribution in [3.8, 4) is 0 Å². The fraction of sp³-hybridized carbons (Fsp3) is 0.435. The van der Waals surface area contributed by atoms with Crippen LogP contribution in [0.15, 0.2) is 48.5 Å². The predicted octanol–water partition coefficient (Wildman–Crippen LogP) is 3.78. The van der Waals surface area contributed by atoms with Gasteiger partial charge in [0, 0.05) is 26.2 Å². The Morgan fingerprint density at radius 1 is 1.07 bits per heavy atom. The number of rotatable bonds is 7. The van der Waals surface area contributed by atoms with Crippen molar-refractivity contribution in [3.05, 3.63) is 65.5 Å². The lowest BCUT2D eigenvalue weighted by atomic mass is 10.0. The molecule has 3 rings (SSSR count). The second-order valence-electron chi connectivity index (χ2n) is 7.50. The molecular formula is C23H30FN3O. The van der Waals surface area contributed by atoms with Crippen molar-refractivity contribution in [2.45, 2.75) is 32.7 Å². The molecule has 1 amide bonds. The Balaban J connectivity index is 1.46. The van der Waals surface area contributed by atoms with Crippen LogP contribution in [0.1, 0.15) is 37.4 Å². The van der Waals surface area contributed by atoms with Gasteiger partial charge in [-0.2, -0.15) is 0 Å². The Labute approximate surface area is 167 Å². The van der Waals surface area contributed by atoms with E-state index in [9.17, 15) is 9.18 Å². The standard InChI is InChI=1S/C23H30FN3O/c1-3-6-19-9-11-20(12-10-19)18(2)25-23(28)17-26-13-15-27(16-14-26)22-8-5-4-7-21(22)24/h4-5,7-12,18H,3,6,13-17H2,1-2H3,(H,25,28)/t18-/m1/s1. The maximum Gasteiger partial charge on any atom is 0.234 e. The first-order valence-electron chi connectivity index (χ1n) is 10.2. The second-order valence-corrected chi connectivity index (χ2v) is 7.50. The summed E-state index contributed by atoms with van der Waals surface area (Å²) in [6, 6.07) is 15.3. The Morgan fingerprint density at radius 3 is 2.39 bits per heavy atom. The van der Waals surface area contributed by atoms with Gasteiger partial charge in [-0.3, -0.25) is 9.69 Å². The molecule has 0 saturated carbocycles. The zero-order chi connectivity index (χ0) is 19.9. The van der Waals surface area contributed by atoms with Crippen molar-refractivity contribution in [2.75, 3.05) is 37.6 Å². The zero-order valence-corrected chi connectivity index (χ0v) is 16.8. The van der Waals surface area contributed by atoms with Gasteiger partial charge in [-0.1, -0.05) is 49.7 Å². The number of piperazine rings is 1. The molecule has 0 aromatic heterocycles. The molecule has 0 unspecified atom stereocenters. The van der Waals surface area contributed by atoms with Gasteiger partial charge in [0.15, 0.2) is 0 Å². The third kappa shape index (κ3) is 5.32. The first-order valence-corrected chi connectivity index (χ1v) is 10.2. The molecule has 1 atom stereocenters. The molecule has 150 valence electrons. The van der Waals surface area contributed by atoms with Crippen molar-refractivity contribution in [2.24, 2.45) is 0 Å². The lowest BCUT2D eigenvalue weighted by Crippen LogP contribution is -2.49. The van der Waals surface area contributed by atoms with E-state index in [2.05, 4.69) is 41.4 Å². The van der Waals surface area contributed by atoms with Gasteiger partial charge < -0.3 is 10.2 Å². The van der Waals surface area contributed by atoms with Crippen LogP contribution < -0.4 is 10.2 Å². The van der Waals surface area contributed by atoms with Crippen LogP contribution in [0, 0.1) is 5.82 Å². The van der Waals surface area contributed by atoms with Crippen LogP contribution in [0.25, 0.3) is 0 Å². The van der Waals surface area contributed by atoms with Crippen LogP contribution >= 0.6 is 0 Å². The number of anilines is 1. The maximum atomic E-state index is 13.9. The predicted molar refractivity (Wildman–Crippen MR) is 112 cm³/mol. The van der Waals surface area contributed by atoms with Crippen LogP contribution in [0.4, 0.5) is 10.1 Å². The largest absolute Gasteiger partial charge is 0.367 e. The van der Waals surface area contributed by atoms with Crippen LogP contribution in [0.5, 0.6) is 0 Å². The monoisotopic (exact) mass is 383 g/mol. The lowest BCUT2D eigenvalue weighted by Gasteiger charge is -2.36. The number of para-hydroxylation sites is 1. The van der Waals surface area contributed by atoms with Crippen LogP contribution in [-0.4, -0.2) is 43.5 Å². The van der Waals surface area contributed by atoms with Gasteiger partial charge in [-0.15, -0.1) is 0 Å². The van der Waals surface area contributed by atoms with Crippen LogP contribution in [0.2, 0.25) is 0 Å². The number of benzene rings is 2. The van der Waals surface area contributed by atoms with Gasteiger partial charge >= 0.3 is 0 Å². The fourth-order valence-electron chi connectivity index (χ4n) is 3.69. The van der Waals surface area contributed by atoms with Crippen molar-refractivity contribution in [3.63, 3.8) is 0 Å². The highest BCUT2D eigenvalue weighted by Crippen LogP contribution is 2.20. The third-order valence-electron chi connectivity index (χ3n) is 5.33. The second kappa shape index (κ2) is 9.69. The summed E-state index contributed by atoms with van der Waals surface area (Å²) in [6.45, 7) is 7.52.